The molecule has 0 spiro atoms. The highest BCUT2D eigenvalue weighted by atomic mass is 16.5. The summed E-state index contributed by atoms with van der Waals surface area (Å²) in [6.07, 6.45) is 1.25. The van der Waals surface area contributed by atoms with Gasteiger partial charge in [-0.3, -0.25) is 14.5 Å². The quantitative estimate of drug-likeness (QED) is 0.698. The molecule has 3 heterocycles. The molecule has 2 N–H and O–H groups in total. The van der Waals surface area contributed by atoms with E-state index >= 15 is 0 Å². The van der Waals surface area contributed by atoms with Gasteiger partial charge in [-0.1, -0.05) is 0 Å². The van der Waals surface area contributed by atoms with Gasteiger partial charge < -0.3 is 25.0 Å². The number of hydrogen-bond acceptors (Lipinski definition) is 8. The molecule has 11 heteroatoms. The minimum atomic E-state index is -0.432. The van der Waals surface area contributed by atoms with Gasteiger partial charge in [-0.05, 0) is 31.2 Å². The van der Waals surface area contributed by atoms with E-state index in [4.69, 9.17) is 15.2 Å². The third-order valence-electron chi connectivity index (χ3n) is 5.05. The van der Waals surface area contributed by atoms with E-state index in [1.807, 2.05) is 0 Å². The second kappa shape index (κ2) is 8.46. The summed E-state index contributed by atoms with van der Waals surface area (Å²) in [6.45, 7) is 3.36. The van der Waals surface area contributed by atoms with Crippen molar-refractivity contribution in [3.05, 3.63) is 36.2 Å². The zero-order valence-electron chi connectivity index (χ0n) is 17.0. The summed E-state index contributed by atoms with van der Waals surface area (Å²) in [5, 5.41) is 0. The third-order valence-corrected chi connectivity index (χ3v) is 5.05. The van der Waals surface area contributed by atoms with E-state index in [1.54, 1.807) is 36.1 Å². The molecule has 2 aliphatic heterocycles. The maximum atomic E-state index is 13.0. The highest BCUT2D eigenvalue weighted by Gasteiger charge is 2.32. The molecule has 1 aromatic heterocycles. The Morgan fingerprint density at radius 2 is 1.81 bits per heavy atom. The number of carbonyl (C=O) groups is 3. The number of esters is 1. The van der Waals surface area contributed by atoms with Crippen LogP contribution in [0.25, 0.3) is 0 Å². The van der Waals surface area contributed by atoms with E-state index in [-0.39, 0.29) is 49.0 Å². The normalized spacial score (nSPS) is 16.1. The van der Waals surface area contributed by atoms with Gasteiger partial charge in [0, 0.05) is 24.5 Å². The molecule has 1 fully saturated rings. The molecule has 1 aromatic carbocycles. The van der Waals surface area contributed by atoms with Crippen LogP contribution in [0.4, 0.5) is 22.0 Å². The molecule has 2 aromatic rings. The number of benzene rings is 1. The van der Waals surface area contributed by atoms with Gasteiger partial charge in [-0.25, -0.2) is 14.8 Å². The van der Waals surface area contributed by atoms with E-state index < -0.39 is 5.97 Å². The molecule has 0 unspecified atom stereocenters. The van der Waals surface area contributed by atoms with Crippen LogP contribution in [0.5, 0.6) is 5.88 Å². The molecule has 0 aliphatic carbocycles. The number of hydrogen-bond donors (Lipinski definition) is 1. The lowest BCUT2D eigenvalue weighted by Gasteiger charge is -2.22. The van der Waals surface area contributed by atoms with Gasteiger partial charge in [0.05, 0.1) is 13.2 Å². The van der Waals surface area contributed by atoms with Crippen LogP contribution in [0.1, 0.15) is 17.3 Å². The van der Waals surface area contributed by atoms with Gasteiger partial charge >= 0.3 is 12.0 Å². The lowest BCUT2D eigenvalue weighted by molar-refractivity contribution is -0.143. The molecular formula is C20H22N6O5. The summed E-state index contributed by atoms with van der Waals surface area (Å²) in [5.74, 6) is -0.557. The fourth-order valence-corrected chi connectivity index (χ4v) is 3.55. The summed E-state index contributed by atoms with van der Waals surface area (Å²) in [4.78, 5) is 49.8. The molecule has 162 valence electrons. The van der Waals surface area contributed by atoms with Crippen molar-refractivity contribution in [2.24, 2.45) is 0 Å². The Kier molecular flexibility index (Phi) is 5.56. The number of nitrogen functional groups attached to an aromatic ring is 1. The van der Waals surface area contributed by atoms with E-state index in [2.05, 4.69) is 9.97 Å². The van der Waals surface area contributed by atoms with Crippen molar-refractivity contribution in [2.75, 3.05) is 54.9 Å². The van der Waals surface area contributed by atoms with Crippen molar-refractivity contribution in [2.45, 2.75) is 6.92 Å². The van der Waals surface area contributed by atoms with Crippen molar-refractivity contribution >= 4 is 35.1 Å². The molecule has 3 amide bonds. The first-order chi connectivity index (χ1) is 15.0. The lowest BCUT2D eigenvalue weighted by Crippen LogP contribution is -2.36. The molecule has 0 bridgehead atoms. The number of carbonyl (C=O) groups excluding carboxylic acids is 3. The Bertz CT molecular complexity index is 1010. The van der Waals surface area contributed by atoms with Gasteiger partial charge in [0.25, 0.3) is 5.91 Å². The predicted molar refractivity (Wildman–Crippen MR) is 111 cm³/mol. The van der Waals surface area contributed by atoms with Crippen molar-refractivity contribution < 1.29 is 23.9 Å². The zero-order valence-corrected chi connectivity index (χ0v) is 17.0. The maximum absolute atomic E-state index is 13.0. The monoisotopic (exact) mass is 426 g/mol. The third kappa shape index (κ3) is 3.93. The standard InChI is InChI=1S/C20H22N6O5/c1-2-30-15(27)11-24-7-8-26(20(24)29)14-5-3-13(4-6-14)25-9-10-31-18-16(19(25)28)17(21)22-12-23-18/h3-6,12H,2,7-11H2,1H3,(H2,21,22,23). The van der Waals surface area contributed by atoms with Crippen molar-refractivity contribution in [1.29, 1.82) is 0 Å². The second-order valence-corrected chi connectivity index (χ2v) is 6.92. The summed E-state index contributed by atoms with van der Waals surface area (Å²) in [6, 6.07) is 6.75. The first-order valence-electron chi connectivity index (χ1n) is 9.87. The predicted octanol–water partition coefficient (Wildman–Crippen LogP) is 0.903. The number of ether oxygens (including phenoxy) is 2. The summed E-state index contributed by atoms with van der Waals surface area (Å²) in [7, 11) is 0. The summed E-state index contributed by atoms with van der Waals surface area (Å²) >= 11 is 0. The summed E-state index contributed by atoms with van der Waals surface area (Å²) < 4.78 is 10.5. The molecule has 2 aliphatic rings. The van der Waals surface area contributed by atoms with E-state index in [9.17, 15) is 14.4 Å². The van der Waals surface area contributed by atoms with Crippen molar-refractivity contribution in [3.8, 4) is 5.88 Å². The average molecular weight is 426 g/mol. The van der Waals surface area contributed by atoms with Crippen LogP contribution in [0.2, 0.25) is 0 Å². The van der Waals surface area contributed by atoms with Crippen LogP contribution < -0.4 is 20.3 Å². The SMILES string of the molecule is CCOC(=O)CN1CCN(c2ccc(N3CCOc4ncnc(N)c4C3=O)cc2)C1=O. The molecular weight excluding hydrogens is 404 g/mol. The number of fused-ring (bicyclic) bond motifs is 1. The Balaban J connectivity index is 1.50. The minimum Gasteiger partial charge on any atom is -0.475 e. The minimum absolute atomic E-state index is 0.0582. The molecule has 0 radical (unpaired) electrons. The van der Waals surface area contributed by atoms with Crippen LogP contribution >= 0.6 is 0 Å². The first kappa shape index (κ1) is 20.4. The lowest BCUT2D eigenvalue weighted by atomic mass is 10.2. The highest BCUT2D eigenvalue weighted by Crippen LogP contribution is 2.29. The van der Waals surface area contributed by atoms with Crippen LogP contribution in [0.15, 0.2) is 30.6 Å². The van der Waals surface area contributed by atoms with E-state index in [0.29, 0.717) is 31.0 Å². The van der Waals surface area contributed by atoms with E-state index in [0.717, 1.165) is 0 Å². The van der Waals surface area contributed by atoms with Crippen LogP contribution in [0, 0.1) is 0 Å². The van der Waals surface area contributed by atoms with Gasteiger partial charge in [0.15, 0.2) is 0 Å². The zero-order chi connectivity index (χ0) is 22.0. The van der Waals surface area contributed by atoms with Crippen LogP contribution in [-0.2, 0) is 9.53 Å². The molecule has 0 atom stereocenters. The number of urea groups is 1. The molecule has 1 saturated heterocycles. The van der Waals surface area contributed by atoms with Gasteiger partial charge in [0.1, 0.15) is 30.9 Å². The first-order valence-corrected chi connectivity index (χ1v) is 9.87. The number of nitrogens with zero attached hydrogens (tertiary/aromatic N) is 5. The van der Waals surface area contributed by atoms with Gasteiger partial charge in [-0.2, -0.15) is 0 Å². The number of amides is 3. The number of nitrogens with two attached hydrogens (primary N) is 1. The molecule has 11 nitrogen and oxygen atoms in total. The summed E-state index contributed by atoms with van der Waals surface area (Å²) in [5.41, 5.74) is 7.30. The Morgan fingerprint density at radius 3 is 2.52 bits per heavy atom. The largest absolute Gasteiger partial charge is 0.475 e. The number of rotatable bonds is 5. The fourth-order valence-electron chi connectivity index (χ4n) is 3.55. The fraction of sp³-hybridized carbons (Fsp3) is 0.350. The van der Waals surface area contributed by atoms with Gasteiger partial charge in [0.2, 0.25) is 5.88 Å². The molecule has 31 heavy (non-hydrogen) atoms. The van der Waals surface area contributed by atoms with Crippen LogP contribution in [-0.4, -0.2) is 72.2 Å². The number of aromatic nitrogens is 2. The van der Waals surface area contributed by atoms with Gasteiger partial charge in [-0.15, -0.1) is 0 Å². The molecule has 0 saturated carbocycles. The average Bonchev–Trinajstić information content (AvgIpc) is 3.01. The Labute approximate surface area is 178 Å². The Morgan fingerprint density at radius 1 is 1.10 bits per heavy atom. The smallest absolute Gasteiger partial charge is 0.325 e. The molecule has 4 rings (SSSR count). The second-order valence-electron chi connectivity index (χ2n) is 6.92. The Hall–Kier alpha value is -3.89. The van der Waals surface area contributed by atoms with E-state index in [1.165, 1.54) is 16.1 Å². The van der Waals surface area contributed by atoms with Crippen molar-refractivity contribution in [3.63, 3.8) is 0 Å². The maximum Gasteiger partial charge on any atom is 0.325 e. The van der Waals surface area contributed by atoms with Crippen molar-refractivity contribution in [1.82, 2.24) is 14.9 Å². The topological polar surface area (TPSA) is 131 Å². The highest BCUT2D eigenvalue weighted by molar-refractivity contribution is 6.10. The van der Waals surface area contributed by atoms with Crippen LogP contribution in [0.3, 0.4) is 0 Å². The number of anilines is 3.